The van der Waals surface area contributed by atoms with Gasteiger partial charge in [-0.1, -0.05) is 24.3 Å². The standard InChI is InChI=1S/C14H17N3/c1-2-6-11(7-3-1)10-15-14-16-12-8-4-5-9-13(12)17-14/h1-2,4-5,8-9,11H,3,6-7,10H2,(H2,15,16,17). The van der Waals surface area contributed by atoms with Crippen LogP contribution in [0.15, 0.2) is 36.4 Å². The van der Waals surface area contributed by atoms with Gasteiger partial charge >= 0.3 is 0 Å². The van der Waals surface area contributed by atoms with Gasteiger partial charge in [-0.05, 0) is 37.3 Å². The fraction of sp³-hybridized carbons (Fsp3) is 0.357. The maximum Gasteiger partial charge on any atom is 0.201 e. The molecule has 0 bridgehead atoms. The molecule has 1 unspecified atom stereocenters. The number of aromatic nitrogens is 2. The summed E-state index contributed by atoms with van der Waals surface area (Å²) in [5.41, 5.74) is 2.12. The Bertz CT molecular complexity index is 494. The van der Waals surface area contributed by atoms with Crippen molar-refractivity contribution >= 4 is 17.0 Å². The first kappa shape index (κ1) is 10.4. The van der Waals surface area contributed by atoms with Gasteiger partial charge in [0.15, 0.2) is 0 Å². The van der Waals surface area contributed by atoms with Gasteiger partial charge in [0.2, 0.25) is 5.95 Å². The molecular formula is C14H17N3. The lowest BCUT2D eigenvalue weighted by molar-refractivity contribution is 0.503. The lowest BCUT2D eigenvalue weighted by atomic mass is 9.94. The van der Waals surface area contributed by atoms with Crippen molar-refractivity contribution in [1.29, 1.82) is 0 Å². The molecular weight excluding hydrogens is 210 g/mol. The summed E-state index contributed by atoms with van der Waals surface area (Å²) in [6, 6.07) is 8.12. The number of anilines is 1. The Labute approximate surface area is 101 Å². The molecule has 3 heteroatoms. The normalized spacial score (nSPS) is 19.6. The van der Waals surface area contributed by atoms with Gasteiger partial charge in [0.05, 0.1) is 11.0 Å². The van der Waals surface area contributed by atoms with E-state index in [0.29, 0.717) is 0 Å². The third-order valence-electron chi connectivity index (χ3n) is 3.33. The minimum atomic E-state index is 0.744. The second-order valence-corrected chi connectivity index (χ2v) is 4.63. The van der Waals surface area contributed by atoms with Gasteiger partial charge in [0, 0.05) is 6.54 Å². The number of rotatable bonds is 3. The van der Waals surface area contributed by atoms with Crippen molar-refractivity contribution in [3.63, 3.8) is 0 Å². The first-order chi connectivity index (χ1) is 8.42. The second kappa shape index (κ2) is 4.62. The topological polar surface area (TPSA) is 40.7 Å². The third-order valence-corrected chi connectivity index (χ3v) is 3.33. The third kappa shape index (κ3) is 2.33. The number of nitrogens with zero attached hydrogens (tertiary/aromatic N) is 1. The molecule has 0 saturated heterocycles. The smallest absolute Gasteiger partial charge is 0.201 e. The van der Waals surface area contributed by atoms with Gasteiger partial charge in [0.1, 0.15) is 0 Å². The number of fused-ring (bicyclic) bond motifs is 1. The molecule has 0 fully saturated rings. The number of para-hydroxylation sites is 2. The van der Waals surface area contributed by atoms with Crippen LogP contribution in [0.25, 0.3) is 11.0 Å². The van der Waals surface area contributed by atoms with E-state index in [-0.39, 0.29) is 0 Å². The molecule has 1 aliphatic rings. The van der Waals surface area contributed by atoms with Crippen molar-refractivity contribution in [2.24, 2.45) is 5.92 Å². The molecule has 0 spiro atoms. The molecule has 1 aromatic carbocycles. The monoisotopic (exact) mass is 227 g/mol. The van der Waals surface area contributed by atoms with Crippen molar-refractivity contribution in [2.75, 3.05) is 11.9 Å². The largest absolute Gasteiger partial charge is 0.356 e. The molecule has 2 aromatic rings. The highest BCUT2D eigenvalue weighted by Gasteiger charge is 2.10. The first-order valence-corrected chi connectivity index (χ1v) is 6.25. The maximum atomic E-state index is 4.51. The Hall–Kier alpha value is -1.77. The zero-order chi connectivity index (χ0) is 11.5. The van der Waals surface area contributed by atoms with E-state index < -0.39 is 0 Å². The quantitative estimate of drug-likeness (QED) is 0.790. The summed E-state index contributed by atoms with van der Waals surface area (Å²) < 4.78 is 0. The van der Waals surface area contributed by atoms with Gasteiger partial charge in [-0.25, -0.2) is 4.98 Å². The van der Waals surface area contributed by atoms with Gasteiger partial charge in [-0.3, -0.25) is 0 Å². The Balaban J connectivity index is 1.66. The Morgan fingerprint density at radius 2 is 2.24 bits per heavy atom. The number of hydrogen-bond acceptors (Lipinski definition) is 2. The summed E-state index contributed by atoms with van der Waals surface area (Å²) in [5, 5.41) is 3.40. The SMILES string of the molecule is C1=CCC(CNc2nc3ccccc3[nH]2)CC1. The van der Waals surface area contributed by atoms with Crippen LogP contribution in [0, 0.1) is 5.92 Å². The van der Waals surface area contributed by atoms with Crippen LogP contribution < -0.4 is 5.32 Å². The lowest BCUT2D eigenvalue weighted by Crippen LogP contribution is -2.15. The van der Waals surface area contributed by atoms with E-state index in [1.54, 1.807) is 0 Å². The zero-order valence-corrected chi connectivity index (χ0v) is 9.82. The minimum Gasteiger partial charge on any atom is -0.356 e. The predicted octanol–water partition coefficient (Wildman–Crippen LogP) is 3.33. The molecule has 1 aromatic heterocycles. The van der Waals surface area contributed by atoms with Crippen LogP contribution in [0.3, 0.4) is 0 Å². The number of H-pyrrole nitrogens is 1. The Morgan fingerprint density at radius 1 is 1.29 bits per heavy atom. The van der Waals surface area contributed by atoms with Crippen molar-refractivity contribution in [3.8, 4) is 0 Å². The van der Waals surface area contributed by atoms with Gasteiger partial charge < -0.3 is 10.3 Å². The van der Waals surface area contributed by atoms with Crippen LogP contribution >= 0.6 is 0 Å². The van der Waals surface area contributed by atoms with Crippen LogP contribution in [0.2, 0.25) is 0 Å². The number of benzene rings is 1. The average Bonchev–Trinajstić information content (AvgIpc) is 2.80. The summed E-state index contributed by atoms with van der Waals surface area (Å²) in [6.07, 6.45) is 8.25. The van der Waals surface area contributed by atoms with Crippen LogP contribution in [0.4, 0.5) is 5.95 Å². The van der Waals surface area contributed by atoms with Gasteiger partial charge in [-0.15, -0.1) is 0 Å². The molecule has 3 rings (SSSR count). The Morgan fingerprint density at radius 3 is 3.06 bits per heavy atom. The number of nitrogens with one attached hydrogen (secondary N) is 2. The molecule has 1 atom stereocenters. The van der Waals surface area contributed by atoms with E-state index in [0.717, 1.165) is 29.4 Å². The highest BCUT2D eigenvalue weighted by Crippen LogP contribution is 2.19. The van der Waals surface area contributed by atoms with Crippen molar-refractivity contribution in [2.45, 2.75) is 19.3 Å². The molecule has 0 amide bonds. The van der Waals surface area contributed by atoms with Gasteiger partial charge in [-0.2, -0.15) is 0 Å². The predicted molar refractivity (Wildman–Crippen MR) is 71.1 cm³/mol. The zero-order valence-electron chi connectivity index (χ0n) is 9.82. The highest BCUT2D eigenvalue weighted by molar-refractivity contribution is 5.77. The summed E-state index contributed by atoms with van der Waals surface area (Å²) in [4.78, 5) is 7.81. The van der Waals surface area contributed by atoms with E-state index in [1.807, 2.05) is 18.2 Å². The minimum absolute atomic E-state index is 0.744. The Kier molecular flexibility index (Phi) is 2.82. The van der Waals surface area contributed by atoms with Crippen molar-refractivity contribution < 1.29 is 0 Å². The van der Waals surface area contributed by atoms with Crippen LogP contribution in [-0.4, -0.2) is 16.5 Å². The fourth-order valence-electron chi connectivity index (χ4n) is 2.32. The number of aromatic amines is 1. The van der Waals surface area contributed by atoms with E-state index in [9.17, 15) is 0 Å². The molecule has 88 valence electrons. The van der Waals surface area contributed by atoms with Gasteiger partial charge in [0.25, 0.3) is 0 Å². The molecule has 3 nitrogen and oxygen atoms in total. The fourth-order valence-corrected chi connectivity index (χ4v) is 2.32. The summed E-state index contributed by atoms with van der Waals surface area (Å²) in [7, 11) is 0. The molecule has 1 aliphatic carbocycles. The molecule has 17 heavy (non-hydrogen) atoms. The second-order valence-electron chi connectivity index (χ2n) is 4.63. The van der Waals surface area contributed by atoms with Crippen molar-refractivity contribution in [1.82, 2.24) is 9.97 Å². The average molecular weight is 227 g/mol. The van der Waals surface area contributed by atoms with Crippen LogP contribution in [0.1, 0.15) is 19.3 Å². The maximum absolute atomic E-state index is 4.51. The number of hydrogen-bond donors (Lipinski definition) is 2. The summed E-state index contributed by atoms with van der Waals surface area (Å²) in [6.45, 7) is 1.00. The molecule has 0 saturated carbocycles. The van der Waals surface area contributed by atoms with Crippen LogP contribution in [-0.2, 0) is 0 Å². The highest BCUT2D eigenvalue weighted by atomic mass is 15.1. The van der Waals surface area contributed by atoms with E-state index in [2.05, 4.69) is 33.5 Å². The van der Waals surface area contributed by atoms with E-state index >= 15 is 0 Å². The van der Waals surface area contributed by atoms with Crippen molar-refractivity contribution in [3.05, 3.63) is 36.4 Å². The lowest BCUT2D eigenvalue weighted by Gasteiger charge is -2.17. The summed E-state index contributed by atoms with van der Waals surface area (Å²) >= 11 is 0. The number of allylic oxidation sites excluding steroid dienone is 2. The molecule has 1 heterocycles. The van der Waals surface area contributed by atoms with Crippen LogP contribution in [0.5, 0.6) is 0 Å². The van der Waals surface area contributed by atoms with E-state index in [4.69, 9.17) is 0 Å². The molecule has 2 N–H and O–H groups in total. The first-order valence-electron chi connectivity index (χ1n) is 6.25. The number of imidazole rings is 1. The van der Waals surface area contributed by atoms with E-state index in [1.165, 1.54) is 19.3 Å². The molecule has 0 aliphatic heterocycles. The summed E-state index contributed by atoms with van der Waals surface area (Å²) in [5.74, 6) is 1.63. The molecule has 0 radical (unpaired) electrons.